The zero-order valence-corrected chi connectivity index (χ0v) is 18.1. The number of nitrogens with zero attached hydrogens (tertiary/aromatic N) is 3. The number of aryl methyl sites for hydroxylation is 1. The van der Waals surface area contributed by atoms with Crippen LogP contribution in [-0.2, 0) is 16.1 Å². The Bertz CT molecular complexity index is 1240. The van der Waals surface area contributed by atoms with Gasteiger partial charge in [-0.15, -0.1) is 11.3 Å². The van der Waals surface area contributed by atoms with Crippen LogP contribution in [0.3, 0.4) is 0 Å². The Morgan fingerprint density at radius 1 is 1.26 bits per heavy atom. The van der Waals surface area contributed by atoms with Gasteiger partial charge < -0.3 is 10.1 Å². The molecule has 158 valence electrons. The molecule has 0 aliphatic heterocycles. The van der Waals surface area contributed by atoms with Gasteiger partial charge in [-0.3, -0.25) is 9.59 Å². The Hall–Kier alpha value is -3.77. The van der Waals surface area contributed by atoms with Crippen molar-refractivity contribution in [3.8, 4) is 16.5 Å². The standard InChI is InChI=1S/C22H20N4O4S/c1-4-30-22(29)20-17(10-18(31-20)15-8-6-5-7-9-15)24-19(27)12-26-21(28)16(11-23)13(2)14(3)25-26/h5-10H,4,12H2,1-3H3,(H,24,27). The van der Waals surface area contributed by atoms with Gasteiger partial charge in [-0.1, -0.05) is 30.3 Å². The van der Waals surface area contributed by atoms with Crippen LogP contribution in [0.4, 0.5) is 5.69 Å². The molecule has 31 heavy (non-hydrogen) atoms. The number of esters is 1. The lowest BCUT2D eigenvalue weighted by molar-refractivity contribution is -0.117. The highest BCUT2D eigenvalue weighted by molar-refractivity contribution is 7.18. The van der Waals surface area contributed by atoms with Crippen LogP contribution >= 0.6 is 11.3 Å². The number of aromatic nitrogens is 2. The van der Waals surface area contributed by atoms with E-state index in [1.807, 2.05) is 36.4 Å². The van der Waals surface area contributed by atoms with Gasteiger partial charge in [0.05, 0.1) is 18.0 Å². The van der Waals surface area contributed by atoms with Gasteiger partial charge in [0.25, 0.3) is 5.56 Å². The maximum Gasteiger partial charge on any atom is 0.350 e. The van der Waals surface area contributed by atoms with Gasteiger partial charge in [0.15, 0.2) is 0 Å². The molecule has 1 amide bonds. The average Bonchev–Trinajstić information content (AvgIpc) is 3.17. The number of anilines is 1. The van der Waals surface area contributed by atoms with Gasteiger partial charge in [0.1, 0.15) is 23.1 Å². The molecule has 3 rings (SSSR count). The molecular formula is C22H20N4O4S. The van der Waals surface area contributed by atoms with E-state index in [1.165, 1.54) is 11.3 Å². The molecular weight excluding hydrogens is 416 g/mol. The van der Waals surface area contributed by atoms with Crippen LogP contribution in [0.2, 0.25) is 0 Å². The van der Waals surface area contributed by atoms with E-state index < -0.39 is 24.0 Å². The Morgan fingerprint density at radius 2 is 1.97 bits per heavy atom. The maximum atomic E-state index is 12.7. The van der Waals surface area contributed by atoms with Crippen LogP contribution in [0.25, 0.3) is 10.4 Å². The molecule has 0 aliphatic rings. The fraction of sp³-hybridized carbons (Fsp3) is 0.227. The normalized spacial score (nSPS) is 10.4. The van der Waals surface area contributed by atoms with E-state index in [2.05, 4.69) is 10.4 Å². The average molecular weight is 436 g/mol. The summed E-state index contributed by atoms with van der Waals surface area (Å²) in [5.41, 5.74) is 1.47. The van der Waals surface area contributed by atoms with E-state index >= 15 is 0 Å². The first-order valence-electron chi connectivity index (χ1n) is 9.50. The Labute approximate surface area is 182 Å². The van der Waals surface area contributed by atoms with Crippen LogP contribution in [0.15, 0.2) is 41.2 Å². The number of nitriles is 1. The number of hydrogen-bond donors (Lipinski definition) is 1. The first kappa shape index (κ1) is 21.9. The van der Waals surface area contributed by atoms with Crippen LogP contribution in [0, 0.1) is 25.2 Å². The second-order valence-corrected chi connectivity index (χ2v) is 7.70. The van der Waals surface area contributed by atoms with Gasteiger partial charge in [-0.2, -0.15) is 10.4 Å². The number of ether oxygens (including phenoxy) is 1. The SMILES string of the molecule is CCOC(=O)c1sc(-c2ccccc2)cc1NC(=O)Cn1nc(C)c(C)c(C#N)c1=O. The number of hydrogen-bond acceptors (Lipinski definition) is 7. The number of thiophene rings is 1. The van der Waals surface area contributed by atoms with E-state index in [1.54, 1.807) is 26.8 Å². The highest BCUT2D eigenvalue weighted by Crippen LogP contribution is 2.35. The molecule has 1 N–H and O–H groups in total. The van der Waals surface area contributed by atoms with Gasteiger partial charge in [0, 0.05) is 4.88 Å². The van der Waals surface area contributed by atoms with Crippen LogP contribution < -0.4 is 10.9 Å². The van der Waals surface area contributed by atoms with E-state index in [9.17, 15) is 19.6 Å². The smallest absolute Gasteiger partial charge is 0.350 e. The van der Waals surface area contributed by atoms with Crippen LogP contribution in [0.1, 0.15) is 33.4 Å². The topological polar surface area (TPSA) is 114 Å². The molecule has 9 heteroatoms. The van der Waals surface area contributed by atoms with Crippen molar-refractivity contribution in [1.29, 1.82) is 5.26 Å². The predicted molar refractivity (Wildman–Crippen MR) is 117 cm³/mol. The lowest BCUT2D eigenvalue weighted by atomic mass is 10.1. The summed E-state index contributed by atoms with van der Waals surface area (Å²) in [6, 6.07) is 13.0. The largest absolute Gasteiger partial charge is 0.462 e. The molecule has 0 atom stereocenters. The van der Waals surface area contributed by atoms with Crippen molar-refractivity contribution < 1.29 is 14.3 Å². The molecule has 0 fully saturated rings. The summed E-state index contributed by atoms with van der Waals surface area (Å²) in [4.78, 5) is 38.5. The van der Waals surface area contributed by atoms with E-state index in [0.29, 0.717) is 16.9 Å². The Kier molecular flexibility index (Phi) is 6.62. The van der Waals surface area contributed by atoms with Gasteiger partial charge in [-0.05, 0) is 38.0 Å². The Balaban J connectivity index is 1.91. The van der Waals surface area contributed by atoms with Crippen molar-refractivity contribution in [1.82, 2.24) is 9.78 Å². The summed E-state index contributed by atoms with van der Waals surface area (Å²) in [6.07, 6.45) is 0. The number of rotatable bonds is 6. The molecule has 0 spiro atoms. The maximum absolute atomic E-state index is 12.7. The highest BCUT2D eigenvalue weighted by Gasteiger charge is 2.21. The minimum absolute atomic E-state index is 0.0468. The summed E-state index contributed by atoms with van der Waals surface area (Å²) in [5.74, 6) is -1.09. The van der Waals surface area contributed by atoms with Crippen molar-refractivity contribution in [2.75, 3.05) is 11.9 Å². The highest BCUT2D eigenvalue weighted by atomic mass is 32.1. The third-order valence-corrected chi connectivity index (χ3v) is 5.73. The zero-order chi connectivity index (χ0) is 22.5. The summed E-state index contributed by atoms with van der Waals surface area (Å²) >= 11 is 1.21. The molecule has 1 aromatic carbocycles. The van der Waals surface area contributed by atoms with Crippen molar-refractivity contribution >= 4 is 28.9 Å². The Morgan fingerprint density at radius 3 is 2.61 bits per heavy atom. The molecule has 0 radical (unpaired) electrons. The second-order valence-electron chi connectivity index (χ2n) is 6.65. The first-order chi connectivity index (χ1) is 14.8. The van der Waals surface area contributed by atoms with Gasteiger partial charge in [-0.25, -0.2) is 9.48 Å². The van der Waals surface area contributed by atoms with Crippen LogP contribution in [-0.4, -0.2) is 28.3 Å². The van der Waals surface area contributed by atoms with Crippen molar-refractivity contribution in [3.05, 3.63) is 68.4 Å². The molecule has 2 aromatic heterocycles. The fourth-order valence-corrected chi connectivity index (χ4v) is 3.93. The number of benzene rings is 1. The van der Waals surface area contributed by atoms with Crippen molar-refractivity contribution in [3.63, 3.8) is 0 Å². The number of nitrogens with one attached hydrogen (secondary N) is 1. The molecule has 0 bridgehead atoms. The molecule has 8 nitrogen and oxygen atoms in total. The zero-order valence-electron chi connectivity index (χ0n) is 17.3. The first-order valence-corrected chi connectivity index (χ1v) is 10.3. The summed E-state index contributed by atoms with van der Waals surface area (Å²) in [7, 11) is 0. The van der Waals surface area contributed by atoms with Gasteiger partial charge in [0.2, 0.25) is 5.91 Å². The third kappa shape index (κ3) is 4.70. The minimum Gasteiger partial charge on any atom is -0.462 e. The second kappa shape index (κ2) is 9.36. The quantitative estimate of drug-likeness (QED) is 0.593. The van der Waals surface area contributed by atoms with Gasteiger partial charge >= 0.3 is 5.97 Å². The van der Waals surface area contributed by atoms with Crippen LogP contribution in [0.5, 0.6) is 0 Å². The van der Waals surface area contributed by atoms with E-state index in [4.69, 9.17) is 4.74 Å². The summed E-state index contributed by atoms with van der Waals surface area (Å²) in [6.45, 7) is 4.80. The van der Waals surface area contributed by atoms with Crippen molar-refractivity contribution in [2.45, 2.75) is 27.3 Å². The molecule has 0 saturated heterocycles. The molecule has 2 heterocycles. The van der Waals surface area contributed by atoms with E-state index in [0.717, 1.165) is 15.1 Å². The van der Waals surface area contributed by atoms with Crippen molar-refractivity contribution in [2.24, 2.45) is 0 Å². The number of carbonyl (C=O) groups is 2. The monoisotopic (exact) mass is 436 g/mol. The number of amides is 1. The minimum atomic E-state index is -0.637. The molecule has 0 unspecified atom stereocenters. The number of carbonyl (C=O) groups excluding carboxylic acids is 2. The summed E-state index contributed by atoms with van der Waals surface area (Å²) in [5, 5.41) is 16.0. The molecule has 3 aromatic rings. The lowest BCUT2D eigenvalue weighted by Gasteiger charge is -2.10. The molecule has 0 aliphatic carbocycles. The third-order valence-electron chi connectivity index (χ3n) is 4.57. The lowest BCUT2D eigenvalue weighted by Crippen LogP contribution is -2.32. The molecule has 0 saturated carbocycles. The van der Waals surface area contributed by atoms with E-state index in [-0.39, 0.29) is 17.0 Å². The fourth-order valence-electron chi connectivity index (χ4n) is 2.91. The predicted octanol–water partition coefficient (Wildman–Crippen LogP) is 3.28. The summed E-state index contributed by atoms with van der Waals surface area (Å²) < 4.78 is 6.06.